The molecule has 6 heteroatoms. The van der Waals surface area contributed by atoms with Crippen molar-refractivity contribution in [1.82, 2.24) is 14.9 Å². The van der Waals surface area contributed by atoms with Crippen molar-refractivity contribution in [2.45, 2.75) is 19.9 Å². The molecule has 0 unspecified atom stereocenters. The summed E-state index contributed by atoms with van der Waals surface area (Å²) in [5.74, 6) is -0.766. The van der Waals surface area contributed by atoms with Gasteiger partial charge < -0.3 is 14.6 Å². The summed E-state index contributed by atoms with van der Waals surface area (Å²) in [6.07, 6.45) is 1.69. The van der Waals surface area contributed by atoms with E-state index < -0.39 is 12.0 Å². The lowest BCUT2D eigenvalue weighted by Crippen LogP contribution is -2.39. The van der Waals surface area contributed by atoms with Crippen LogP contribution < -0.4 is 5.32 Å². The average molecular weight is 275 g/mol. The van der Waals surface area contributed by atoms with Crippen LogP contribution in [-0.4, -0.2) is 34.1 Å². The fraction of sp³-hybridized carbons (Fsp3) is 0.357. The Hall–Kier alpha value is -2.37. The van der Waals surface area contributed by atoms with Gasteiger partial charge in [-0.3, -0.25) is 4.79 Å². The number of ether oxygens (including phenoxy) is 1. The van der Waals surface area contributed by atoms with Crippen molar-refractivity contribution in [3.63, 3.8) is 0 Å². The van der Waals surface area contributed by atoms with Crippen molar-refractivity contribution >= 4 is 22.9 Å². The van der Waals surface area contributed by atoms with Crippen LogP contribution in [-0.2, 0) is 16.6 Å². The van der Waals surface area contributed by atoms with Gasteiger partial charge in [-0.25, -0.2) is 9.78 Å². The van der Waals surface area contributed by atoms with E-state index >= 15 is 0 Å². The molecule has 1 heterocycles. The summed E-state index contributed by atoms with van der Waals surface area (Å²) in [5.41, 5.74) is 2.15. The molecule has 1 aromatic heterocycles. The molecule has 1 atom stereocenters. The number of fused-ring (bicyclic) bond motifs is 1. The van der Waals surface area contributed by atoms with E-state index in [4.69, 9.17) is 4.74 Å². The van der Waals surface area contributed by atoms with Gasteiger partial charge in [-0.05, 0) is 32.0 Å². The number of benzene rings is 1. The summed E-state index contributed by atoms with van der Waals surface area (Å²) in [6.45, 7) is 3.61. The van der Waals surface area contributed by atoms with Crippen molar-refractivity contribution in [2.75, 3.05) is 6.61 Å². The van der Waals surface area contributed by atoms with Crippen LogP contribution in [0, 0.1) is 0 Å². The third-order valence-corrected chi connectivity index (χ3v) is 2.98. The molecule has 0 bridgehead atoms. The average Bonchev–Trinajstić information content (AvgIpc) is 2.80. The molecule has 1 N–H and O–H groups in total. The molecule has 2 rings (SSSR count). The second-order valence-electron chi connectivity index (χ2n) is 4.51. The van der Waals surface area contributed by atoms with Gasteiger partial charge in [0.2, 0.25) is 0 Å². The van der Waals surface area contributed by atoms with Crippen LogP contribution in [0.4, 0.5) is 0 Å². The number of carbonyl (C=O) groups is 2. The van der Waals surface area contributed by atoms with E-state index in [0.717, 1.165) is 11.0 Å². The zero-order chi connectivity index (χ0) is 14.7. The quantitative estimate of drug-likeness (QED) is 0.852. The summed E-state index contributed by atoms with van der Waals surface area (Å²) in [6, 6.07) is 4.55. The monoisotopic (exact) mass is 275 g/mol. The second-order valence-corrected chi connectivity index (χ2v) is 4.51. The van der Waals surface area contributed by atoms with Crippen LogP contribution in [0.25, 0.3) is 11.0 Å². The molecular weight excluding hydrogens is 258 g/mol. The van der Waals surface area contributed by atoms with E-state index in [-0.39, 0.29) is 5.91 Å². The molecule has 0 fully saturated rings. The second kappa shape index (κ2) is 5.73. The predicted octanol–water partition coefficient (Wildman–Crippen LogP) is 1.25. The minimum absolute atomic E-state index is 0.291. The Bertz CT molecular complexity index is 648. The first-order valence-corrected chi connectivity index (χ1v) is 6.41. The Kier molecular flexibility index (Phi) is 4.02. The number of hydrogen-bond donors (Lipinski definition) is 1. The van der Waals surface area contributed by atoms with Crippen molar-refractivity contribution < 1.29 is 14.3 Å². The number of imidazole rings is 1. The Morgan fingerprint density at radius 2 is 2.20 bits per heavy atom. The first-order valence-electron chi connectivity index (χ1n) is 6.41. The van der Waals surface area contributed by atoms with Crippen molar-refractivity contribution in [2.24, 2.45) is 7.05 Å². The lowest BCUT2D eigenvalue weighted by molar-refractivity contribution is -0.144. The molecule has 0 aliphatic heterocycles. The molecule has 20 heavy (non-hydrogen) atoms. The highest BCUT2D eigenvalue weighted by molar-refractivity contribution is 5.99. The number of aromatic nitrogens is 2. The van der Waals surface area contributed by atoms with E-state index in [1.807, 2.05) is 17.7 Å². The number of esters is 1. The highest BCUT2D eigenvalue weighted by Crippen LogP contribution is 2.13. The maximum absolute atomic E-state index is 12.1. The lowest BCUT2D eigenvalue weighted by atomic mass is 10.1. The highest BCUT2D eigenvalue weighted by atomic mass is 16.5. The van der Waals surface area contributed by atoms with Gasteiger partial charge in [0.25, 0.3) is 5.91 Å². The maximum Gasteiger partial charge on any atom is 0.328 e. The van der Waals surface area contributed by atoms with Crippen LogP contribution in [0.2, 0.25) is 0 Å². The van der Waals surface area contributed by atoms with Gasteiger partial charge in [0, 0.05) is 12.6 Å². The SMILES string of the molecule is CCOC(=O)[C@H](C)NC(=O)c1ccc2c(c1)ncn2C. The molecule has 1 amide bonds. The Morgan fingerprint density at radius 3 is 2.90 bits per heavy atom. The maximum atomic E-state index is 12.1. The van der Waals surface area contributed by atoms with Crippen LogP contribution in [0.15, 0.2) is 24.5 Å². The van der Waals surface area contributed by atoms with E-state index in [1.54, 1.807) is 32.3 Å². The van der Waals surface area contributed by atoms with Crippen LogP contribution in [0.1, 0.15) is 24.2 Å². The number of hydrogen-bond acceptors (Lipinski definition) is 4. The number of nitrogens with zero attached hydrogens (tertiary/aromatic N) is 2. The zero-order valence-electron chi connectivity index (χ0n) is 11.7. The summed E-state index contributed by atoms with van der Waals surface area (Å²) in [7, 11) is 1.89. The Balaban J connectivity index is 2.13. The molecule has 1 aromatic carbocycles. The number of rotatable bonds is 4. The Morgan fingerprint density at radius 1 is 1.45 bits per heavy atom. The molecule has 0 saturated carbocycles. The summed E-state index contributed by atoms with van der Waals surface area (Å²) in [5, 5.41) is 2.60. The van der Waals surface area contributed by atoms with Crippen LogP contribution >= 0.6 is 0 Å². The van der Waals surface area contributed by atoms with Gasteiger partial charge in [0.15, 0.2) is 0 Å². The summed E-state index contributed by atoms with van der Waals surface area (Å²) >= 11 is 0. The molecule has 2 aromatic rings. The van der Waals surface area contributed by atoms with Gasteiger partial charge in [-0.15, -0.1) is 0 Å². The summed E-state index contributed by atoms with van der Waals surface area (Å²) < 4.78 is 6.72. The fourth-order valence-electron chi connectivity index (χ4n) is 1.88. The molecule has 0 aliphatic rings. The van der Waals surface area contributed by atoms with E-state index in [1.165, 1.54) is 0 Å². The van der Waals surface area contributed by atoms with E-state index in [9.17, 15) is 9.59 Å². The molecule has 0 spiro atoms. The third-order valence-electron chi connectivity index (χ3n) is 2.98. The highest BCUT2D eigenvalue weighted by Gasteiger charge is 2.17. The smallest absolute Gasteiger partial charge is 0.328 e. The molecule has 0 saturated heterocycles. The first-order chi connectivity index (χ1) is 9.52. The lowest BCUT2D eigenvalue weighted by Gasteiger charge is -2.12. The first kappa shape index (κ1) is 14.0. The minimum atomic E-state index is -0.679. The summed E-state index contributed by atoms with van der Waals surface area (Å²) in [4.78, 5) is 27.7. The molecular formula is C14H17N3O3. The van der Waals surface area contributed by atoms with Crippen molar-refractivity contribution in [1.29, 1.82) is 0 Å². The topological polar surface area (TPSA) is 73.2 Å². The fourth-order valence-corrected chi connectivity index (χ4v) is 1.88. The molecule has 6 nitrogen and oxygen atoms in total. The van der Waals surface area contributed by atoms with E-state index in [2.05, 4.69) is 10.3 Å². The largest absolute Gasteiger partial charge is 0.464 e. The normalized spacial score (nSPS) is 12.2. The zero-order valence-corrected chi connectivity index (χ0v) is 11.7. The van der Waals surface area contributed by atoms with Crippen LogP contribution in [0.3, 0.4) is 0 Å². The predicted molar refractivity (Wildman–Crippen MR) is 74.3 cm³/mol. The molecule has 106 valence electrons. The van der Waals surface area contributed by atoms with Crippen molar-refractivity contribution in [3.8, 4) is 0 Å². The third kappa shape index (κ3) is 2.79. The minimum Gasteiger partial charge on any atom is -0.464 e. The molecule has 0 radical (unpaired) electrons. The van der Waals surface area contributed by atoms with Crippen molar-refractivity contribution in [3.05, 3.63) is 30.1 Å². The molecule has 0 aliphatic carbocycles. The van der Waals surface area contributed by atoms with Gasteiger partial charge in [-0.2, -0.15) is 0 Å². The van der Waals surface area contributed by atoms with Crippen LogP contribution in [0.5, 0.6) is 0 Å². The standard InChI is InChI=1S/C14H17N3O3/c1-4-20-14(19)9(2)16-13(18)10-5-6-12-11(7-10)15-8-17(12)3/h5-9H,4H2,1-3H3,(H,16,18)/t9-/m0/s1. The van der Waals surface area contributed by atoms with Gasteiger partial charge in [0.1, 0.15) is 6.04 Å². The Labute approximate surface area is 116 Å². The van der Waals surface area contributed by atoms with Gasteiger partial charge >= 0.3 is 5.97 Å². The number of amides is 1. The van der Waals surface area contributed by atoms with E-state index in [0.29, 0.717) is 12.2 Å². The van der Waals surface area contributed by atoms with Gasteiger partial charge in [-0.1, -0.05) is 0 Å². The van der Waals surface area contributed by atoms with Gasteiger partial charge in [0.05, 0.1) is 24.0 Å². The number of aryl methyl sites for hydroxylation is 1. The number of nitrogens with one attached hydrogen (secondary N) is 1. The number of carbonyl (C=O) groups excluding carboxylic acids is 2.